The SMILES string of the molecule is Cc1ccc(N2CC(C(=O)NCCc3ccccc3)CC2=O)cc1Cl. The first-order valence-corrected chi connectivity index (χ1v) is 8.80. The molecule has 0 radical (unpaired) electrons. The molecule has 2 amide bonds. The van der Waals surface area contributed by atoms with Gasteiger partial charge in [0.05, 0.1) is 5.92 Å². The summed E-state index contributed by atoms with van der Waals surface area (Å²) in [5, 5.41) is 3.57. The molecule has 1 heterocycles. The Labute approximate surface area is 152 Å². The molecule has 3 rings (SSSR count). The quantitative estimate of drug-likeness (QED) is 0.893. The Morgan fingerprint density at radius 1 is 1.24 bits per heavy atom. The van der Waals surface area contributed by atoms with Crippen molar-refractivity contribution in [2.24, 2.45) is 5.92 Å². The van der Waals surface area contributed by atoms with Crippen LogP contribution in [-0.2, 0) is 16.0 Å². The third-order valence-corrected chi connectivity index (χ3v) is 4.93. The summed E-state index contributed by atoms with van der Waals surface area (Å²) in [6.45, 7) is 2.89. The van der Waals surface area contributed by atoms with Crippen LogP contribution in [-0.4, -0.2) is 24.9 Å². The number of amides is 2. The smallest absolute Gasteiger partial charge is 0.227 e. The number of hydrogen-bond donors (Lipinski definition) is 1. The molecule has 130 valence electrons. The maximum Gasteiger partial charge on any atom is 0.227 e. The van der Waals surface area contributed by atoms with Gasteiger partial charge in [-0.3, -0.25) is 9.59 Å². The average Bonchev–Trinajstić information content (AvgIpc) is 3.00. The maximum absolute atomic E-state index is 12.4. The van der Waals surface area contributed by atoms with Gasteiger partial charge < -0.3 is 10.2 Å². The van der Waals surface area contributed by atoms with Crippen molar-refractivity contribution in [3.63, 3.8) is 0 Å². The number of anilines is 1. The van der Waals surface area contributed by atoms with Crippen molar-refractivity contribution in [2.75, 3.05) is 18.0 Å². The first-order valence-electron chi connectivity index (χ1n) is 8.43. The summed E-state index contributed by atoms with van der Waals surface area (Å²) in [6.07, 6.45) is 1.02. The molecule has 25 heavy (non-hydrogen) atoms. The van der Waals surface area contributed by atoms with Crippen molar-refractivity contribution in [1.29, 1.82) is 0 Å². The van der Waals surface area contributed by atoms with Gasteiger partial charge in [-0.25, -0.2) is 0 Å². The first-order chi connectivity index (χ1) is 12.0. The van der Waals surface area contributed by atoms with Crippen LogP contribution in [0.5, 0.6) is 0 Å². The zero-order chi connectivity index (χ0) is 17.8. The number of nitrogens with zero attached hydrogens (tertiary/aromatic N) is 1. The average molecular weight is 357 g/mol. The zero-order valence-electron chi connectivity index (χ0n) is 14.2. The minimum absolute atomic E-state index is 0.0388. The molecular formula is C20H21ClN2O2. The normalized spacial score (nSPS) is 17.0. The van der Waals surface area contributed by atoms with Gasteiger partial charge in [0.1, 0.15) is 0 Å². The third kappa shape index (κ3) is 4.20. The summed E-state index contributed by atoms with van der Waals surface area (Å²) < 4.78 is 0. The fourth-order valence-electron chi connectivity index (χ4n) is 3.00. The lowest BCUT2D eigenvalue weighted by atomic mass is 10.1. The standard InChI is InChI=1S/C20H21ClN2O2/c1-14-7-8-17(12-18(14)21)23-13-16(11-19(23)24)20(25)22-10-9-15-5-3-2-4-6-15/h2-8,12,16H,9-11,13H2,1H3,(H,22,25). The Hall–Kier alpha value is -2.33. The van der Waals surface area contributed by atoms with Crippen LogP contribution in [0.25, 0.3) is 0 Å². The summed E-state index contributed by atoms with van der Waals surface area (Å²) in [7, 11) is 0. The van der Waals surface area contributed by atoms with E-state index in [1.807, 2.05) is 49.4 Å². The van der Waals surface area contributed by atoms with Crippen LogP contribution in [0.15, 0.2) is 48.5 Å². The van der Waals surface area contributed by atoms with Gasteiger partial charge >= 0.3 is 0 Å². The molecule has 1 atom stereocenters. The van der Waals surface area contributed by atoms with Gasteiger partial charge in [-0.05, 0) is 36.6 Å². The fraction of sp³-hybridized carbons (Fsp3) is 0.300. The molecular weight excluding hydrogens is 336 g/mol. The molecule has 0 saturated carbocycles. The third-order valence-electron chi connectivity index (χ3n) is 4.52. The number of carbonyl (C=O) groups excluding carboxylic acids is 2. The molecule has 5 heteroatoms. The molecule has 1 fully saturated rings. The zero-order valence-corrected chi connectivity index (χ0v) is 14.9. The highest BCUT2D eigenvalue weighted by Gasteiger charge is 2.35. The second kappa shape index (κ2) is 7.70. The summed E-state index contributed by atoms with van der Waals surface area (Å²) >= 11 is 6.15. The lowest BCUT2D eigenvalue weighted by Crippen LogP contribution is -2.34. The van der Waals surface area contributed by atoms with E-state index in [0.717, 1.165) is 17.7 Å². The number of carbonyl (C=O) groups is 2. The second-order valence-electron chi connectivity index (χ2n) is 6.37. The highest BCUT2D eigenvalue weighted by Crippen LogP contribution is 2.28. The monoisotopic (exact) mass is 356 g/mol. The molecule has 1 unspecified atom stereocenters. The topological polar surface area (TPSA) is 49.4 Å². The van der Waals surface area contributed by atoms with Gasteiger partial charge in [-0.15, -0.1) is 0 Å². The lowest BCUT2D eigenvalue weighted by Gasteiger charge is -2.17. The van der Waals surface area contributed by atoms with Crippen molar-refractivity contribution in [2.45, 2.75) is 19.8 Å². The molecule has 2 aromatic rings. The minimum Gasteiger partial charge on any atom is -0.355 e. The number of rotatable bonds is 5. The van der Waals surface area contributed by atoms with Crippen molar-refractivity contribution < 1.29 is 9.59 Å². The number of nitrogens with one attached hydrogen (secondary N) is 1. The van der Waals surface area contributed by atoms with E-state index >= 15 is 0 Å². The molecule has 2 aromatic carbocycles. The van der Waals surface area contributed by atoms with Crippen LogP contribution in [0.4, 0.5) is 5.69 Å². The molecule has 4 nitrogen and oxygen atoms in total. The van der Waals surface area contributed by atoms with Crippen molar-refractivity contribution in [3.8, 4) is 0 Å². The van der Waals surface area contributed by atoms with Gasteiger partial charge in [0.25, 0.3) is 0 Å². The Balaban J connectivity index is 1.56. The van der Waals surface area contributed by atoms with Crippen molar-refractivity contribution >= 4 is 29.1 Å². The molecule has 1 N–H and O–H groups in total. The van der Waals surface area contributed by atoms with E-state index in [-0.39, 0.29) is 24.2 Å². The Morgan fingerprint density at radius 2 is 2.00 bits per heavy atom. The van der Waals surface area contributed by atoms with Crippen molar-refractivity contribution in [3.05, 3.63) is 64.7 Å². The van der Waals surface area contributed by atoms with E-state index in [2.05, 4.69) is 5.32 Å². The van der Waals surface area contributed by atoms with Crippen LogP contribution >= 0.6 is 11.6 Å². The highest BCUT2D eigenvalue weighted by atomic mass is 35.5. The molecule has 0 aromatic heterocycles. The molecule has 1 aliphatic rings. The number of aryl methyl sites for hydroxylation is 1. The number of halogens is 1. The summed E-state index contributed by atoms with van der Waals surface area (Å²) in [4.78, 5) is 26.3. The first kappa shape index (κ1) is 17.5. The van der Waals surface area contributed by atoms with E-state index in [9.17, 15) is 9.59 Å². The molecule has 1 aliphatic heterocycles. The fourth-order valence-corrected chi connectivity index (χ4v) is 3.18. The second-order valence-corrected chi connectivity index (χ2v) is 6.77. The van der Waals surface area contributed by atoms with E-state index in [4.69, 9.17) is 11.6 Å². The predicted molar refractivity (Wildman–Crippen MR) is 99.8 cm³/mol. The van der Waals surface area contributed by atoms with Gasteiger partial charge in [-0.1, -0.05) is 48.0 Å². The Kier molecular flexibility index (Phi) is 5.39. The largest absolute Gasteiger partial charge is 0.355 e. The van der Waals surface area contributed by atoms with Crippen molar-refractivity contribution in [1.82, 2.24) is 5.32 Å². The van der Waals surface area contributed by atoms with Gasteiger partial charge in [0.2, 0.25) is 11.8 Å². The highest BCUT2D eigenvalue weighted by molar-refractivity contribution is 6.31. The van der Waals surface area contributed by atoms with Crippen LogP contribution < -0.4 is 10.2 Å². The van der Waals surface area contributed by atoms with E-state index in [1.165, 1.54) is 5.56 Å². The molecule has 1 saturated heterocycles. The summed E-state index contributed by atoms with van der Waals surface area (Å²) in [5.41, 5.74) is 2.90. The van der Waals surface area contributed by atoms with Crippen LogP contribution in [0.3, 0.4) is 0 Å². The Morgan fingerprint density at radius 3 is 2.72 bits per heavy atom. The summed E-state index contributed by atoms with van der Waals surface area (Å²) in [6, 6.07) is 15.5. The number of hydrogen-bond acceptors (Lipinski definition) is 2. The molecule has 0 spiro atoms. The number of benzene rings is 2. The van der Waals surface area contributed by atoms with E-state index in [0.29, 0.717) is 18.1 Å². The minimum atomic E-state index is -0.316. The summed E-state index contributed by atoms with van der Waals surface area (Å²) in [5.74, 6) is -0.420. The van der Waals surface area contributed by atoms with Gasteiger partial charge in [-0.2, -0.15) is 0 Å². The molecule has 0 aliphatic carbocycles. The van der Waals surface area contributed by atoms with Crippen LogP contribution in [0, 0.1) is 12.8 Å². The van der Waals surface area contributed by atoms with Crippen LogP contribution in [0.1, 0.15) is 17.5 Å². The van der Waals surface area contributed by atoms with Crippen LogP contribution in [0.2, 0.25) is 5.02 Å². The predicted octanol–water partition coefficient (Wildman–Crippen LogP) is 3.36. The molecule has 0 bridgehead atoms. The lowest BCUT2D eigenvalue weighted by molar-refractivity contribution is -0.126. The van der Waals surface area contributed by atoms with E-state index < -0.39 is 0 Å². The van der Waals surface area contributed by atoms with E-state index in [1.54, 1.807) is 11.0 Å². The Bertz CT molecular complexity index is 777. The van der Waals surface area contributed by atoms with Gasteiger partial charge in [0.15, 0.2) is 0 Å². The maximum atomic E-state index is 12.4. The van der Waals surface area contributed by atoms with Gasteiger partial charge in [0, 0.05) is 30.2 Å².